The van der Waals surface area contributed by atoms with E-state index in [0.29, 0.717) is 32.2 Å². The number of nitrogens with two attached hydrogens (primary N) is 3. The zero-order chi connectivity index (χ0) is 27.1. The molecule has 0 aromatic rings. The van der Waals surface area contributed by atoms with Crippen LogP contribution >= 0.6 is 0 Å². The average molecular weight is 503 g/mol. The van der Waals surface area contributed by atoms with Crippen molar-refractivity contribution in [1.82, 2.24) is 16.0 Å². The van der Waals surface area contributed by atoms with Gasteiger partial charge in [0.2, 0.25) is 23.6 Å². The average Bonchev–Trinajstić information content (AvgIpc) is 2.78. The molecule has 0 heterocycles. The molecule has 0 aromatic carbocycles. The highest BCUT2D eigenvalue weighted by atomic mass is 16.4. The Kier molecular flexibility index (Phi) is 14.9. The second-order valence-electron chi connectivity index (χ2n) is 8.33. The molecule has 14 heteroatoms. The van der Waals surface area contributed by atoms with Crippen LogP contribution in [0.3, 0.4) is 0 Å². The first-order valence-electron chi connectivity index (χ1n) is 11.4. The maximum Gasteiger partial charge on any atom is 0.326 e. The van der Waals surface area contributed by atoms with Crippen LogP contribution in [-0.2, 0) is 28.8 Å². The summed E-state index contributed by atoms with van der Waals surface area (Å²) in [4.78, 5) is 71.6. The Balaban J connectivity index is 5.57. The summed E-state index contributed by atoms with van der Waals surface area (Å²) in [7, 11) is 0. The Bertz CT molecular complexity index is 762. The van der Waals surface area contributed by atoms with Gasteiger partial charge in [0.25, 0.3) is 0 Å². The first kappa shape index (κ1) is 31.7. The number of hydrogen-bond acceptors (Lipinski definition) is 8. The first-order chi connectivity index (χ1) is 16.3. The minimum absolute atomic E-state index is 0.272. The third kappa shape index (κ3) is 12.7. The Morgan fingerprint density at radius 3 is 1.94 bits per heavy atom. The molecule has 0 aromatic heterocycles. The molecule has 0 saturated heterocycles. The quantitative estimate of drug-likeness (QED) is 0.0935. The molecular formula is C21H38N6O8. The fourth-order valence-corrected chi connectivity index (χ4v) is 3.07. The molecule has 0 aliphatic heterocycles. The predicted octanol–water partition coefficient (Wildman–Crippen LogP) is -2.23. The molecule has 5 unspecified atom stereocenters. The second-order valence-corrected chi connectivity index (χ2v) is 8.33. The van der Waals surface area contributed by atoms with Crippen LogP contribution in [0.2, 0.25) is 0 Å². The number of nitrogens with one attached hydrogen (secondary N) is 3. The first-order valence-corrected chi connectivity index (χ1v) is 11.4. The molecular weight excluding hydrogens is 464 g/mol. The lowest BCUT2D eigenvalue weighted by Crippen LogP contribution is -2.58. The lowest BCUT2D eigenvalue weighted by Gasteiger charge is -2.28. The maximum absolute atomic E-state index is 13.0. The van der Waals surface area contributed by atoms with E-state index in [-0.39, 0.29) is 18.8 Å². The van der Waals surface area contributed by atoms with Gasteiger partial charge < -0.3 is 43.4 Å². The number of unbranched alkanes of at least 4 members (excludes halogenated alkanes) is 1. The van der Waals surface area contributed by atoms with E-state index >= 15 is 0 Å². The third-order valence-electron chi connectivity index (χ3n) is 5.40. The summed E-state index contributed by atoms with van der Waals surface area (Å²) < 4.78 is 0. The normalized spacial score (nSPS) is 15.1. The SMILES string of the molecule is CCC(C)C(NC(=O)C(N)CCCCN)C(=O)NC(CCC(N)=O)C(=O)NC(CC(=O)O)C(=O)O. The Labute approximate surface area is 203 Å². The Morgan fingerprint density at radius 1 is 0.857 bits per heavy atom. The van der Waals surface area contributed by atoms with Crippen LogP contribution in [0, 0.1) is 5.92 Å². The van der Waals surface area contributed by atoms with Crippen molar-refractivity contribution in [3.63, 3.8) is 0 Å². The van der Waals surface area contributed by atoms with E-state index in [2.05, 4.69) is 10.6 Å². The molecule has 0 fully saturated rings. The third-order valence-corrected chi connectivity index (χ3v) is 5.40. The van der Waals surface area contributed by atoms with Gasteiger partial charge in [0.15, 0.2) is 0 Å². The molecule has 35 heavy (non-hydrogen) atoms. The van der Waals surface area contributed by atoms with Gasteiger partial charge in [-0.1, -0.05) is 26.7 Å². The molecule has 0 saturated carbocycles. The van der Waals surface area contributed by atoms with Crippen molar-refractivity contribution in [2.75, 3.05) is 6.54 Å². The van der Waals surface area contributed by atoms with Gasteiger partial charge in [-0.05, 0) is 31.7 Å². The van der Waals surface area contributed by atoms with Crippen LogP contribution in [0.4, 0.5) is 0 Å². The van der Waals surface area contributed by atoms with E-state index in [1.165, 1.54) is 0 Å². The highest BCUT2D eigenvalue weighted by Gasteiger charge is 2.33. The number of hydrogen-bond donors (Lipinski definition) is 8. The van der Waals surface area contributed by atoms with E-state index in [9.17, 15) is 28.8 Å². The molecule has 11 N–H and O–H groups in total. The zero-order valence-corrected chi connectivity index (χ0v) is 20.1. The van der Waals surface area contributed by atoms with Crippen molar-refractivity contribution in [2.24, 2.45) is 23.1 Å². The van der Waals surface area contributed by atoms with E-state index in [0.717, 1.165) is 0 Å². The van der Waals surface area contributed by atoms with Crippen molar-refractivity contribution < 1.29 is 39.0 Å². The standard InChI is InChI=1S/C21H38N6O8/c1-3-11(2)17(27-18(31)12(23)6-4-5-9-22)20(33)25-13(7-8-15(24)28)19(32)26-14(21(34)35)10-16(29)30/h11-14,17H,3-10,22-23H2,1-2H3,(H2,24,28)(H,25,33)(H,26,32)(H,27,31)(H,29,30)(H,34,35). The van der Waals surface area contributed by atoms with Crippen molar-refractivity contribution in [3.05, 3.63) is 0 Å². The highest BCUT2D eigenvalue weighted by molar-refractivity contribution is 5.95. The fraction of sp³-hybridized carbons (Fsp3) is 0.714. The van der Waals surface area contributed by atoms with Crippen LogP contribution in [0.5, 0.6) is 0 Å². The molecule has 4 amide bonds. The summed E-state index contributed by atoms with van der Waals surface area (Å²) >= 11 is 0. The van der Waals surface area contributed by atoms with Crippen molar-refractivity contribution in [3.8, 4) is 0 Å². The van der Waals surface area contributed by atoms with Gasteiger partial charge in [-0.15, -0.1) is 0 Å². The zero-order valence-electron chi connectivity index (χ0n) is 20.1. The molecule has 0 bridgehead atoms. The largest absolute Gasteiger partial charge is 0.481 e. The van der Waals surface area contributed by atoms with Crippen molar-refractivity contribution in [1.29, 1.82) is 0 Å². The molecule has 14 nitrogen and oxygen atoms in total. The minimum Gasteiger partial charge on any atom is -0.481 e. The molecule has 200 valence electrons. The summed E-state index contributed by atoms with van der Waals surface area (Å²) in [5, 5.41) is 25.1. The summed E-state index contributed by atoms with van der Waals surface area (Å²) in [6, 6.07) is -5.12. The number of amides is 4. The summed E-state index contributed by atoms with van der Waals surface area (Å²) in [6.07, 6.45) is 0.673. The minimum atomic E-state index is -1.76. The monoisotopic (exact) mass is 502 g/mol. The van der Waals surface area contributed by atoms with Gasteiger partial charge in [0, 0.05) is 6.42 Å². The van der Waals surface area contributed by atoms with Gasteiger partial charge >= 0.3 is 11.9 Å². The smallest absolute Gasteiger partial charge is 0.326 e. The van der Waals surface area contributed by atoms with E-state index in [4.69, 9.17) is 27.4 Å². The molecule has 0 radical (unpaired) electrons. The number of primary amides is 1. The molecule has 0 spiro atoms. The number of carbonyl (C=O) groups is 6. The summed E-state index contributed by atoms with van der Waals surface area (Å²) in [5.41, 5.74) is 16.5. The number of rotatable bonds is 18. The summed E-state index contributed by atoms with van der Waals surface area (Å²) in [5.74, 6) is -6.51. The van der Waals surface area contributed by atoms with Crippen molar-refractivity contribution in [2.45, 2.75) is 83.0 Å². The predicted molar refractivity (Wildman–Crippen MR) is 124 cm³/mol. The number of carboxylic acid groups (broad SMARTS) is 2. The van der Waals surface area contributed by atoms with Gasteiger partial charge in [-0.25, -0.2) is 4.79 Å². The van der Waals surface area contributed by atoms with Gasteiger partial charge in [0.05, 0.1) is 12.5 Å². The van der Waals surface area contributed by atoms with E-state index in [1.807, 2.05) is 5.32 Å². The van der Waals surface area contributed by atoms with E-state index < -0.39 is 66.2 Å². The fourth-order valence-electron chi connectivity index (χ4n) is 3.07. The van der Waals surface area contributed by atoms with Gasteiger partial charge in [-0.3, -0.25) is 24.0 Å². The Morgan fingerprint density at radius 2 is 1.46 bits per heavy atom. The molecule has 5 atom stereocenters. The summed E-state index contributed by atoms with van der Waals surface area (Å²) in [6.45, 7) is 3.95. The second kappa shape index (κ2) is 16.4. The van der Waals surface area contributed by atoms with Crippen LogP contribution < -0.4 is 33.2 Å². The molecule has 0 aliphatic carbocycles. The number of carbonyl (C=O) groups excluding carboxylic acids is 4. The van der Waals surface area contributed by atoms with Crippen LogP contribution in [0.25, 0.3) is 0 Å². The Hall–Kier alpha value is -3.26. The van der Waals surface area contributed by atoms with E-state index in [1.54, 1.807) is 13.8 Å². The highest BCUT2D eigenvalue weighted by Crippen LogP contribution is 2.11. The number of carboxylic acids is 2. The molecule has 0 aliphatic rings. The van der Waals surface area contributed by atoms with Gasteiger partial charge in [0.1, 0.15) is 18.1 Å². The van der Waals surface area contributed by atoms with Crippen molar-refractivity contribution >= 4 is 35.6 Å². The lowest BCUT2D eigenvalue weighted by molar-refractivity contribution is -0.147. The maximum atomic E-state index is 13.0. The lowest BCUT2D eigenvalue weighted by atomic mass is 9.96. The van der Waals surface area contributed by atoms with Crippen LogP contribution in [-0.4, -0.2) is 76.5 Å². The van der Waals surface area contributed by atoms with Crippen LogP contribution in [0.15, 0.2) is 0 Å². The van der Waals surface area contributed by atoms with Gasteiger partial charge in [-0.2, -0.15) is 0 Å². The van der Waals surface area contributed by atoms with Crippen LogP contribution in [0.1, 0.15) is 58.8 Å². The number of aliphatic carboxylic acids is 2. The topological polar surface area (TPSA) is 257 Å². The molecule has 0 rings (SSSR count).